The Morgan fingerprint density at radius 3 is 2.89 bits per heavy atom. The molecule has 2 aromatic rings. The van der Waals surface area contributed by atoms with Crippen LogP contribution in [0.3, 0.4) is 0 Å². The molecular formula is C18H25N5O2S2. The second kappa shape index (κ2) is 8.22. The van der Waals surface area contributed by atoms with Gasteiger partial charge in [0.25, 0.3) is 0 Å². The Bertz CT molecular complexity index is 756. The number of thiazole rings is 2. The molecule has 1 amide bonds. The normalized spacial score (nSPS) is 26.4. The van der Waals surface area contributed by atoms with E-state index in [0.29, 0.717) is 5.13 Å². The Hall–Kier alpha value is -1.55. The summed E-state index contributed by atoms with van der Waals surface area (Å²) in [4.78, 5) is 26.2. The number of aromatic nitrogens is 2. The highest BCUT2D eigenvalue weighted by molar-refractivity contribution is 7.14. The topological polar surface area (TPSA) is 70.6 Å². The Balaban J connectivity index is 1.35. The van der Waals surface area contributed by atoms with Crippen molar-refractivity contribution in [1.82, 2.24) is 14.9 Å². The van der Waals surface area contributed by atoms with Crippen LogP contribution < -0.4 is 10.2 Å². The van der Waals surface area contributed by atoms with Crippen LogP contribution in [0.25, 0.3) is 0 Å². The fraction of sp³-hybridized carbons (Fsp3) is 0.611. The van der Waals surface area contributed by atoms with E-state index in [2.05, 4.69) is 38.9 Å². The van der Waals surface area contributed by atoms with Crippen molar-refractivity contribution in [3.05, 3.63) is 22.7 Å². The fourth-order valence-electron chi connectivity index (χ4n) is 3.89. The van der Waals surface area contributed by atoms with Crippen molar-refractivity contribution < 1.29 is 9.53 Å². The number of hydrogen-bond acceptors (Lipinski definition) is 8. The maximum atomic E-state index is 12.8. The predicted molar refractivity (Wildman–Crippen MR) is 109 cm³/mol. The zero-order valence-corrected chi connectivity index (χ0v) is 17.3. The summed E-state index contributed by atoms with van der Waals surface area (Å²) in [6, 6.07) is -0.163. The Morgan fingerprint density at radius 2 is 2.15 bits per heavy atom. The highest BCUT2D eigenvalue weighted by Crippen LogP contribution is 2.28. The predicted octanol–water partition coefficient (Wildman–Crippen LogP) is 2.82. The molecule has 2 aromatic heterocycles. The van der Waals surface area contributed by atoms with E-state index in [4.69, 9.17) is 4.74 Å². The van der Waals surface area contributed by atoms with Gasteiger partial charge in [0.15, 0.2) is 10.3 Å². The average Bonchev–Trinajstić information content (AvgIpc) is 3.35. The van der Waals surface area contributed by atoms with Crippen molar-refractivity contribution in [2.75, 3.05) is 29.9 Å². The molecule has 0 saturated carbocycles. The van der Waals surface area contributed by atoms with Gasteiger partial charge in [0.2, 0.25) is 5.91 Å². The lowest BCUT2D eigenvalue weighted by Crippen LogP contribution is -2.44. The lowest BCUT2D eigenvalue weighted by molar-refractivity contribution is -0.117. The van der Waals surface area contributed by atoms with Crippen LogP contribution in [0.2, 0.25) is 0 Å². The summed E-state index contributed by atoms with van der Waals surface area (Å²) in [5.74, 6) is 0.0113. The van der Waals surface area contributed by atoms with Crippen LogP contribution >= 0.6 is 22.7 Å². The smallest absolute Gasteiger partial charge is 0.248 e. The Morgan fingerprint density at radius 1 is 1.33 bits per heavy atom. The molecule has 0 radical (unpaired) electrons. The third kappa shape index (κ3) is 4.48. The van der Waals surface area contributed by atoms with E-state index in [1.807, 2.05) is 10.8 Å². The number of anilines is 2. The molecule has 4 rings (SSSR count). The molecule has 2 saturated heterocycles. The van der Waals surface area contributed by atoms with Crippen LogP contribution in [0.4, 0.5) is 10.3 Å². The van der Waals surface area contributed by atoms with Crippen molar-refractivity contribution in [2.24, 2.45) is 0 Å². The number of carbonyl (C=O) groups is 1. The summed E-state index contributed by atoms with van der Waals surface area (Å²) in [6.45, 7) is 7.69. The Kier molecular flexibility index (Phi) is 5.72. The standard InChI is InChI=1S/C18H25N5O2S2/c1-12-8-22(9-13(2)25-12)10-14-11-27-17(20-14)21-16(24)15-4-3-6-23(15)18-19-5-7-26-18/h5,7,11-13,15H,3-4,6,8-10H2,1-2H3,(H,20,21,24). The van der Waals surface area contributed by atoms with Gasteiger partial charge in [-0.3, -0.25) is 9.69 Å². The molecule has 27 heavy (non-hydrogen) atoms. The molecule has 146 valence electrons. The number of nitrogens with zero attached hydrogens (tertiary/aromatic N) is 4. The minimum Gasteiger partial charge on any atom is -0.373 e. The molecule has 7 nitrogen and oxygen atoms in total. The molecule has 0 aliphatic carbocycles. The van der Waals surface area contributed by atoms with E-state index >= 15 is 0 Å². The first kappa shape index (κ1) is 18.8. The number of amides is 1. The number of nitrogens with one attached hydrogen (secondary N) is 1. The fourth-order valence-corrected chi connectivity index (χ4v) is 5.32. The number of hydrogen-bond donors (Lipinski definition) is 1. The van der Waals surface area contributed by atoms with Gasteiger partial charge in [-0.25, -0.2) is 9.97 Å². The summed E-state index contributed by atoms with van der Waals surface area (Å²) in [5.41, 5.74) is 1.000. The second-order valence-electron chi connectivity index (χ2n) is 7.25. The zero-order valence-electron chi connectivity index (χ0n) is 15.6. The van der Waals surface area contributed by atoms with Crippen LogP contribution in [0, 0.1) is 0 Å². The molecule has 2 fully saturated rings. The largest absolute Gasteiger partial charge is 0.373 e. The highest BCUT2D eigenvalue weighted by atomic mass is 32.1. The maximum Gasteiger partial charge on any atom is 0.248 e. The summed E-state index contributed by atoms with van der Waals surface area (Å²) >= 11 is 3.07. The van der Waals surface area contributed by atoms with Crippen LogP contribution in [-0.2, 0) is 16.1 Å². The molecule has 0 spiro atoms. The van der Waals surface area contributed by atoms with E-state index in [1.54, 1.807) is 17.5 Å². The van der Waals surface area contributed by atoms with Crippen molar-refractivity contribution >= 4 is 38.8 Å². The summed E-state index contributed by atoms with van der Waals surface area (Å²) < 4.78 is 5.78. The lowest BCUT2D eigenvalue weighted by atomic mass is 10.2. The van der Waals surface area contributed by atoms with E-state index in [-0.39, 0.29) is 24.2 Å². The van der Waals surface area contributed by atoms with Gasteiger partial charge in [0.1, 0.15) is 6.04 Å². The van der Waals surface area contributed by atoms with E-state index in [1.165, 1.54) is 11.3 Å². The van der Waals surface area contributed by atoms with Crippen LogP contribution in [0.15, 0.2) is 17.0 Å². The van der Waals surface area contributed by atoms with Crippen molar-refractivity contribution in [2.45, 2.75) is 51.5 Å². The number of morpholine rings is 1. The van der Waals surface area contributed by atoms with Gasteiger partial charge in [0.05, 0.1) is 17.9 Å². The maximum absolute atomic E-state index is 12.8. The third-order valence-electron chi connectivity index (χ3n) is 4.88. The minimum atomic E-state index is -0.163. The first-order valence-electron chi connectivity index (χ1n) is 9.37. The summed E-state index contributed by atoms with van der Waals surface area (Å²) in [6.07, 6.45) is 4.13. The van der Waals surface area contributed by atoms with Crippen molar-refractivity contribution in [3.8, 4) is 0 Å². The van der Waals surface area contributed by atoms with Gasteiger partial charge in [-0.2, -0.15) is 0 Å². The Labute approximate surface area is 167 Å². The van der Waals surface area contributed by atoms with Crippen LogP contribution in [0.5, 0.6) is 0 Å². The molecule has 0 bridgehead atoms. The average molecular weight is 408 g/mol. The van der Waals surface area contributed by atoms with Crippen molar-refractivity contribution in [3.63, 3.8) is 0 Å². The summed E-state index contributed by atoms with van der Waals surface area (Å²) in [5, 5.41) is 8.59. The van der Waals surface area contributed by atoms with Gasteiger partial charge in [-0.05, 0) is 26.7 Å². The molecule has 0 aromatic carbocycles. The molecule has 1 N–H and O–H groups in total. The second-order valence-corrected chi connectivity index (χ2v) is 8.98. The van der Waals surface area contributed by atoms with Crippen LogP contribution in [0.1, 0.15) is 32.4 Å². The molecule has 4 heterocycles. The molecule has 2 aliphatic heterocycles. The number of rotatable bonds is 5. The van der Waals surface area contributed by atoms with E-state index in [0.717, 1.165) is 49.8 Å². The first-order valence-corrected chi connectivity index (χ1v) is 11.1. The lowest BCUT2D eigenvalue weighted by Gasteiger charge is -2.34. The van der Waals surface area contributed by atoms with Gasteiger partial charge >= 0.3 is 0 Å². The van der Waals surface area contributed by atoms with Gasteiger partial charge in [-0.1, -0.05) is 0 Å². The third-order valence-corrected chi connectivity index (χ3v) is 6.50. The molecule has 9 heteroatoms. The van der Waals surface area contributed by atoms with E-state index in [9.17, 15) is 4.79 Å². The number of ether oxygens (including phenoxy) is 1. The number of carbonyl (C=O) groups excluding carboxylic acids is 1. The summed E-state index contributed by atoms with van der Waals surface area (Å²) in [7, 11) is 0. The van der Waals surface area contributed by atoms with Crippen LogP contribution in [-0.4, -0.2) is 58.7 Å². The van der Waals surface area contributed by atoms with Gasteiger partial charge < -0.3 is 15.0 Å². The monoisotopic (exact) mass is 407 g/mol. The molecule has 3 unspecified atom stereocenters. The SMILES string of the molecule is CC1CN(Cc2csc(NC(=O)C3CCCN3c3nccs3)n2)CC(C)O1. The molecule has 2 aliphatic rings. The molecule has 3 atom stereocenters. The highest BCUT2D eigenvalue weighted by Gasteiger charge is 2.32. The van der Waals surface area contributed by atoms with E-state index < -0.39 is 0 Å². The minimum absolute atomic E-state index is 0.0113. The first-order chi connectivity index (χ1) is 13.1. The molecular weight excluding hydrogens is 382 g/mol. The zero-order chi connectivity index (χ0) is 18.8. The van der Waals surface area contributed by atoms with Gasteiger partial charge in [0, 0.05) is 43.1 Å². The quantitative estimate of drug-likeness (QED) is 0.822. The van der Waals surface area contributed by atoms with Gasteiger partial charge in [-0.15, -0.1) is 22.7 Å². The van der Waals surface area contributed by atoms with Crippen molar-refractivity contribution in [1.29, 1.82) is 0 Å².